The van der Waals surface area contributed by atoms with Gasteiger partial charge in [-0.3, -0.25) is 0 Å². The second-order valence-electron chi connectivity index (χ2n) is 1.20. The fourth-order valence-electron chi connectivity index (χ4n) is 0.154. The monoisotopic (exact) mass is 156 g/mol. The van der Waals surface area contributed by atoms with E-state index in [0.29, 0.717) is 13.2 Å². The fourth-order valence-corrected chi connectivity index (χ4v) is 0.154. The summed E-state index contributed by atoms with van der Waals surface area (Å²) in [5.41, 5.74) is 0. The predicted molar refractivity (Wildman–Crippen MR) is 35.2 cm³/mol. The van der Waals surface area contributed by atoms with Gasteiger partial charge in [0.05, 0.1) is 0 Å². The minimum Gasteiger partial charge on any atom is -0.351 e. The first-order chi connectivity index (χ1) is 4.83. The van der Waals surface area contributed by atoms with E-state index < -0.39 is 13.7 Å². The highest BCUT2D eigenvalue weighted by Crippen LogP contribution is 1.68. The minimum absolute atomic E-state index is 0.469. The van der Waals surface area contributed by atoms with Gasteiger partial charge in [0.2, 0.25) is 0 Å². The van der Waals surface area contributed by atoms with Crippen molar-refractivity contribution in [3.8, 4) is 0 Å². The molecule has 0 aromatic carbocycles. The Labute approximate surface area is 60.1 Å². The van der Waals surface area contributed by atoms with Gasteiger partial charge in [0.25, 0.3) is 0 Å². The van der Waals surface area contributed by atoms with E-state index in [0.717, 1.165) is 0 Å². The molecule has 0 bridgehead atoms. The third-order valence-electron chi connectivity index (χ3n) is 0.563. The molecule has 0 amide bonds. The van der Waals surface area contributed by atoms with Gasteiger partial charge in [-0.25, -0.2) is 8.78 Å². The second kappa shape index (κ2) is 15.9. The van der Waals surface area contributed by atoms with Crippen LogP contribution < -0.4 is 0 Å². The van der Waals surface area contributed by atoms with Crippen LogP contribution in [0.25, 0.3) is 0 Å². The molecule has 4 heteroatoms. The van der Waals surface area contributed by atoms with Crippen LogP contribution in [-0.2, 0) is 9.47 Å². The summed E-state index contributed by atoms with van der Waals surface area (Å²) in [6, 6.07) is 0. The zero-order valence-electron chi connectivity index (χ0n) is 6.40. The number of hydrogen-bond acceptors (Lipinski definition) is 2. The van der Waals surface area contributed by atoms with Crippen LogP contribution in [0.2, 0.25) is 0 Å². The molecule has 0 atom stereocenters. The van der Waals surface area contributed by atoms with Gasteiger partial charge in [0, 0.05) is 13.2 Å². The molecule has 0 saturated heterocycles. The molecule has 0 fully saturated rings. The van der Waals surface area contributed by atoms with Crippen LogP contribution in [0, 0.1) is 0 Å². The quantitative estimate of drug-likeness (QED) is 0.619. The van der Waals surface area contributed by atoms with E-state index in [2.05, 4.69) is 9.47 Å². The van der Waals surface area contributed by atoms with Crippen LogP contribution in [0.1, 0.15) is 13.8 Å². The maximum absolute atomic E-state index is 10.8. The zero-order chi connectivity index (χ0) is 8.24. The summed E-state index contributed by atoms with van der Waals surface area (Å²) in [5, 5.41) is 0. The lowest BCUT2D eigenvalue weighted by molar-refractivity contribution is 0.0670. The molecule has 64 valence electrons. The largest absolute Gasteiger partial charge is 0.351 e. The molecular weight excluding hydrogens is 142 g/mol. The minimum atomic E-state index is -0.656. The SMILES string of the molecule is CCOCF.CCOCF. The third-order valence-corrected chi connectivity index (χ3v) is 0.563. The van der Waals surface area contributed by atoms with Crippen molar-refractivity contribution in [3.05, 3.63) is 0 Å². The topological polar surface area (TPSA) is 18.5 Å². The Kier molecular flexibility index (Phi) is 19.8. The van der Waals surface area contributed by atoms with E-state index in [1.54, 1.807) is 13.8 Å². The summed E-state index contributed by atoms with van der Waals surface area (Å²) in [6.07, 6.45) is 0. The molecule has 0 aliphatic rings. The molecule has 0 unspecified atom stereocenters. The van der Waals surface area contributed by atoms with Crippen molar-refractivity contribution in [3.63, 3.8) is 0 Å². The van der Waals surface area contributed by atoms with Crippen molar-refractivity contribution in [1.82, 2.24) is 0 Å². The molecule has 0 N–H and O–H groups in total. The van der Waals surface area contributed by atoms with Gasteiger partial charge < -0.3 is 9.47 Å². The first-order valence-corrected chi connectivity index (χ1v) is 3.10. The van der Waals surface area contributed by atoms with E-state index in [4.69, 9.17) is 0 Å². The fraction of sp³-hybridized carbons (Fsp3) is 1.00. The lowest BCUT2D eigenvalue weighted by atomic mass is 10.9. The van der Waals surface area contributed by atoms with Crippen molar-refractivity contribution in [2.75, 3.05) is 26.9 Å². The zero-order valence-corrected chi connectivity index (χ0v) is 6.40. The molecular formula is C6H14F2O2. The highest BCUT2D eigenvalue weighted by atomic mass is 19.1. The summed E-state index contributed by atoms with van der Waals surface area (Å²) >= 11 is 0. The Morgan fingerprint density at radius 2 is 1.20 bits per heavy atom. The number of hydrogen-bond donors (Lipinski definition) is 0. The van der Waals surface area contributed by atoms with E-state index in [9.17, 15) is 8.78 Å². The molecule has 0 spiro atoms. The van der Waals surface area contributed by atoms with Crippen LogP contribution in [-0.4, -0.2) is 26.9 Å². The summed E-state index contributed by atoms with van der Waals surface area (Å²) in [6.45, 7) is 3.12. The third kappa shape index (κ3) is 25.0. The molecule has 0 aromatic rings. The highest BCUT2D eigenvalue weighted by molar-refractivity contribution is 3.99. The molecule has 0 heterocycles. The van der Waals surface area contributed by atoms with Crippen LogP contribution >= 0.6 is 0 Å². The summed E-state index contributed by atoms with van der Waals surface area (Å²) in [7, 11) is 0. The van der Waals surface area contributed by atoms with Crippen molar-refractivity contribution >= 4 is 0 Å². The molecule has 0 saturated carbocycles. The van der Waals surface area contributed by atoms with E-state index in [1.165, 1.54) is 0 Å². The van der Waals surface area contributed by atoms with Crippen molar-refractivity contribution in [2.45, 2.75) is 13.8 Å². The summed E-state index contributed by atoms with van der Waals surface area (Å²) in [4.78, 5) is 0. The lowest BCUT2D eigenvalue weighted by Gasteiger charge is -1.83. The van der Waals surface area contributed by atoms with Gasteiger partial charge >= 0.3 is 0 Å². The van der Waals surface area contributed by atoms with Gasteiger partial charge in [-0.2, -0.15) is 0 Å². The summed E-state index contributed by atoms with van der Waals surface area (Å²) < 4.78 is 29.9. The average Bonchev–Trinajstić information content (AvgIpc) is 1.93. The van der Waals surface area contributed by atoms with Crippen LogP contribution in [0.4, 0.5) is 8.78 Å². The molecule has 0 aromatic heterocycles. The first-order valence-electron chi connectivity index (χ1n) is 3.10. The van der Waals surface area contributed by atoms with E-state index >= 15 is 0 Å². The van der Waals surface area contributed by atoms with E-state index in [-0.39, 0.29) is 0 Å². The number of ether oxygens (including phenoxy) is 2. The number of rotatable bonds is 4. The van der Waals surface area contributed by atoms with Gasteiger partial charge in [0.1, 0.15) is 0 Å². The molecule has 0 aliphatic carbocycles. The van der Waals surface area contributed by atoms with Gasteiger partial charge in [-0.15, -0.1) is 0 Å². The maximum Gasteiger partial charge on any atom is 0.188 e. The molecule has 0 radical (unpaired) electrons. The molecule has 0 aliphatic heterocycles. The Balaban J connectivity index is 0. The van der Waals surface area contributed by atoms with Gasteiger partial charge in [0.15, 0.2) is 13.7 Å². The molecule has 0 rings (SSSR count). The predicted octanol–water partition coefficient (Wildman–Crippen LogP) is 1.90. The Morgan fingerprint density at radius 1 is 0.900 bits per heavy atom. The van der Waals surface area contributed by atoms with Crippen LogP contribution in [0.3, 0.4) is 0 Å². The standard InChI is InChI=1S/2C3H7FO/c2*1-2-5-3-4/h2*2-3H2,1H3. The van der Waals surface area contributed by atoms with Crippen molar-refractivity contribution in [2.24, 2.45) is 0 Å². The van der Waals surface area contributed by atoms with Gasteiger partial charge in [-0.05, 0) is 13.8 Å². The Bertz CT molecular complexity index is 34.7. The normalized spacial score (nSPS) is 8.40. The first kappa shape index (κ1) is 12.5. The number of alkyl halides is 2. The highest BCUT2D eigenvalue weighted by Gasteiger charge is 1.67. The smallest absolute Gasteiger partial charge is 0.188 e. The Morgan fingerprint density at radius 3 is 1.20 bits per heavy atom. The average molecular weight is 156 g/mol. The maximum atomic E-state index is 10.8. The lowest BCUT2D eigenvalue weighted by Crippen LogP contribution is -1.82. The number of halogens is 2. The second-order valence-corrected chi connectivity index (χ2v) is 1.20. The Hall–Kier alpha value is -0.220. The molecule has 2 nitrogen and oxygen atoms in total. The van der Waals surface area contributed by atoms with E-state index in [1.807, 2.05) is 0 Å². The van der Waals surface area contributed by atoms with Gasteiger partial charge in [-0.1, -0.05) is 0 Å². The van der Waals surface area contributed by atoms with Crippen LogP contribution in [0.5, 0.6) is 0 Å². The van der Waals surface area contributed by atoms with Crippen LogP contribution in [0.15, 0.2) is 0 Å². The summed E-state index contributed by atoms with van der Waals surface area (Å²) in [5.74, 6) is 0. The van der Waals surface area contributed by atoms with Crippen molar-refractivity contribution < 1.29 is 18.3 Å². The van der Waals surface area contributed by atoms with Crippen molar-refractivity contribution in [1.29, 1.82) is 0 Å². The molecule has 10 heavy (non-hydrogen) atoms.